The number of rotatable bonds is 6. The number of hydrogen-bond donors (Lipinski definition) is 0. The van der Waals surface area contributed by atoms with Crippen LogP contribution in [0.5, 0.6) is 0 Å². The lowest BCUT2D eigenvalue weighted by Gasteiger charge is -2.17. The molecule has 4 rings (SSSR count). The molecule has 0 aliphatic rings. The number of Topliss-reactive ketones (excluding diaryl/α,β-unsaturated/α-hetero) is 1. The fourth-order valence-electron chi connectivity index (χ4n) is 3.65. The minimum Gasteiger partial charge on any atom is -0.294 e. The van der Waals surface area contributed by atoms with Crippen LogP contribution in [0.25, 0.3) is 10.9 Å². The number of pyridine rings is 1. The maximum Gasteiger partial charge on any atom is 0.163 e. The van der Waals surface area contributed by atoms with Gasteiger partial charge in [0.05, 0.1) is 5.52 Å². The molecule has 138 valence electrons. The Kier molecular flexibility index (Phi) is 5.29. The number of aromatic nitrogens is 1. The summed E-state index contributed by atoms with van der Waals surface area (Å²) < 4.78 is 0. The van der Waals surface area contributed by atoms with E-state index in [2.05, 4.69) is 49.4 Å². The lowest BCUT2D eigenvalue weighted by molar-refractivity contribution is 0.0973. The van der Waals surface area contributed by atoms with Gasteiger partial charge in [-0.25, -0.2) is 0 Å². The van der Waals surface area contributed by atoms with Crippen LogP contribution < -0.4 is 0 Å². The Balaban J connectivity index is 1.62. The average molecular weight is 365 g/mol. The summed E-state index contributed by atoms with van der Waals surface area (Å²) >= 11 is 0. The molecule has 1 atom stereocenters. The third-order valence-electron chi connectivity index (χ3n) is 5.16. The summed E-state index contributed by atoms with van der Waals surface area (Å²) in [4.78, 5) is 17.7. The summed E-state index contributed by atoms with van der Waals surface area (Å²) in [5.41, 5.74) is 5.20. The average Bonchev–Trinajstić information content (AvgIpc) is 2.74. The second kappa shape index (κ2) is 8.18. The lowest BCUT2D eigenvalue weighted by Crippen LogP contribution is -2.11. The van der Waals surface area contributed by atoms with Gasteiger partial charge in [-0.1, -0.05) is 78.4 Å². The molecule has 2 nitrogen and oxygen atoms in total. The smallest absolute Gasteiger partial charge is 0.163 e. The summed E-state index contributed by atoms with van der Waals surface area (Å²) in [6, 6.07) is 30.4. The van der Waals surface area contributed by atoms with Gasteiger partial charge < -0.3 is 0 Å². The standard InChI is InChI=1S/C26H23NO/c1-19-12-15-25-22(16-19)13-14-24(27-25)17-23(20-8-4-2-5-9-20)18-26(28)21-10-6-3-7-11-21/h2-16,23H,17-18H2,1H3. The van der Waals surface area contributed by atoms with E-state index in [4.69, 9.17) is 4.98 Å². The topological polar surface area (TPSA) is 30.0 Å². The number of carbonyl (C=O) groups excluding carboxylic acids is 1. The molecule has 3 aromatic carbocycles. The Morgan fingerprint density at radius 1 is 0.857 bits per heavy atom. The second-order valence-electron chi connectivity index (χ2n) is 7.30. The molecule has 1 aromatic heterocycles. The molecule has 28 heavy (non-hydrogen) atoms. The number of carbonyl (C=O) groups is 1. The van der Waals surface area contributed by atoms with Crippen LogP contribution in [-0.4, -0.2) is 10.8 Å². The number of hydrogen-bond acceptors (Lipinski definition) is 2. The van der Waals surface area contributed by atoms with Crippen LogP contribution in [0, 0.1) is 6.92 Å². The fourth-order valence-corrected chi connectivity index (χ4v) is 3.65. The highest BCUT2D eigenvalue weighted by Gasteiger charge is 2.18. The zero-order valence-corrected chi connectivity index (χ0v) is 16.0. The van der Waals surface area contributed by atoms with Crippen molar-refractivity contribution in [2.75, 3.05) is 0 Å². The Morgan fingerprint density at radius 2 is 1.57 bits per heavy atom. The summed E-state index contributed by atoms with van der Waals surface area (Å²) in [7, 11) is 0. The van der Waals surface area contributed by atoms with E-state index in [1.807, 2.05) is 48.5 Å². The molecule has 0 bridgehead atoms. The third-order valence-corrected chi connectivity index (χ3v) is 5.16. The number of aryl methyl sites for hydroxylation is 1. The van der Waals surface area contributed by atoms with Gasteiger partial charge in [0.15, 0.2) is 5.78 Å². The maximum absolute atomic E-state index is 12.8. The molecule has 4 aromatic rings. The van der Waals surface area contributed by atoms with Gasteiger partial charge in [0, 0.05) is 23.1 Å². The van der Waals surface area contributed by atoms with E-state index in [1.165, 1.54) is 11.1 Å². The lowest BCUT2D eigenvalue weighted by atomic mass is 9.87. The summed E-state index contributed by atoms with van der Waals surface area (Å²) in [5, 5.41) is 1.15. The summed E-state index contributed by atoms with van der Waals surface area (Å²) in [5.74, 6) is 0.273. The zero-order chi connectivity index (χ0) is 19.3. The third kappa shape index (κ3) is 4.17. The number of ketones is 1. The molecule has 0 saturated heterocycles. The van der Waals surface area contributed by atoms with Crippen molar-refractivity contribution < 1.29 is 4.79 Å². The largest absolute Gasteiger partial charge is 0.294 e. The van der Waals surface area contributed by atoms with Gasteiger partial charge in [0.2, 0.25) is 0 Å². The van der Waals surface area contributed by atoms with Gasteiger partial charge in [-0.3, -0.25) is 9.78 Å². The van der Waals surface area contributed by atoms with E-state index >= 15 is 0 Å². The monoisotopic (exact) mass is 365 g/mol. The summed E-state index contributed by atoms with van der Waals surface area (Å²) in [6.45, 7) is 2.09. The predicted octanol–water partition coefficient (Wildman–Crippen LogP) is 6.14. The first-order valence-corrected chi connectivity index (χ1v) is 9.68. The van der Waals surface area contributed by atoms with Crippen LogP contribution in [0.15, 0.2) is 91.0 Å². The quantitative estimate of drug-likeness (QED) is 0.384. The van der Waals surface area contributed by atoms with Crippen molar-refractivity contribution in [2.24, 2.45) is 0 Å². The molecule has 1 unspecified atom stereocenters. The highest BCUT2D eigenvalue weighted by atomic mass is 16.1. The molecule has 1 heterocycles. The van der Waals surface area contributed by atoms with Gasteiger partial charge in [0.1, 0.15) is 0 Å². The first kappa shape index (κ1) is 18.1. The second-order valence-corrected chi connectivity index (χ2v) is 7.30. The molecular formula is C26H23NO. The van der Waals surface area contributed by atoms with Crippen LogP contribution >= 0.6 is 0 Å². The van der Waals surface area contributed by atoms with Crippen LogP contribution in [0.1, 0.15) is 39.5 Å². The van der Waals surface area contributed by atoms with E-state index < -0.39 is 0 Å². The Labute approximate surface area is 165 Å². The van der Waals surface area contributed by atoms with Crippen molar-refractivity contribution >= 4 is 16.7 Å². The normalized spacial score (nSPS) is 12.0. The van der Waals surface area contributed by atoms with Gasteiger partial charge in [-0.05, 0) is 43.0 Å². The molecule has 0 N–H and O–H groups in total. The van der Waals surface area contributed by atoms with Crippen molar-refractivity contribution in [3.8, 4) is 0 Å². The molecule has 0 radical (unpaired) electrons. The first-order valence-electron chi connectivity index (χ1n) is 9.68. The first-order chi connectivity index (χ1) is 13.7. The van der Waals surface area contributed by atoms with E-state index in [-0.39, 0.29) is 11.7 Å². The van der Waals surface area contributed by atoms with Crippen LogP contribution in [0.3, 0.4) is 0 Å². The van der Waals surface area contributed by atoms with Crippen LogP contribution in [0.2, 0.25) is 0 Å². The minimum absolute atomic E-state index is 0.101. The van der Waals surface area contributed by atoms with E-state index in [0.717, 1.165) is 28.6 Å². The Morgan fingerprint density at radius 3 is 2.32 bits per heavy atom. The molecule has 2 heteroatoms. The number of nitrogens with zero attached hydrogens (tertiary/aromatic N) is 1. The minimum atomic E-state index is 0.101. The number of fused-ring (bicyclic) bond motifs is 1. The molecular weight excluding hydrogens is 342 g/mol. The van der Waals surface area contributed by atoms with Crippen molar-refractivity contribution in [1.29, 1.82) is 0 Å². The Hall–Kier alpha value is -3.26. The molecule has 0 amide bonds. The van der Waals surface area contributed by atoms with Crippen molar-refractivity contribution in [1.82, 2.24) is 4.98 Å². The van der Waals surface area contributed by atoms with Crippen LogP contribution in [-0.2, 0) is 6.42 Å². The van der Waals surface area contributed by atoms with Crippen molar-refractivity contribution in [2.45, 2.75) is 25.7 Å². The molecule has 0 saturated carbocycles. The predicted molar refractivity (Wildman–Crippen MR) is 115 cm³/mol. The van der Waals surface area contributed by atoms with E-state index in [9.17, 15) is 4.79 Å². The van der Waals surface area contributed by atoms with Gasteiger partial charge in [-0.15, -0.1) is 0 Å². The zero-order valence-electron chi connectivity index (χ0n) is 16.0. The highest BCUT2D eigenvalue weighted by molar-refractivity contribution is 5.96. The van der Waals surface area contributed by atoms with Crippen molar-refractivity contribution in [3.63, 3.8) is 0 Å². The van der Waals surface area contributed by atoms with Crippen molar-refractivity contribution in [3.05, 3.63) is 113 Å². The van der Waals surface area contributed by atoms with E-state index in [1.54, 1.807) is 0 Å². The van der Waals surface area contributed by atoms with Gasteiger partial charge >= 0.3 is 0 Å². The Bertz CT molecular complexity index is 1090. The molecule has 0 fully saturated rings. The maximum atomic E-state index is 12.8. The molecule has 0 aliphatic heterocycles. The van der Waals surface area contributed by atoms with E-state index in [0.29, 0.717) is 6.42 Å². The molecule has 0 aliphatic carbocycles. The SMILES string of the molecule is Cc1ccc2nc(CC(CC(=O)c3ccccc3)c3ccccc3)ccc2c1. The van der Waals surface area contributed by atoms with Gasteiger partial charge in [0.25, 0.3) is 0 Å². The fraction of sp³-hybridized carbons (Fsp3) is 0.154. The number of benzene rings is 3. The molecule has 0 spiro atoms. The highest BCUT2D eigenvalue weighted by Crippen LogP contribution is 2.26. The van der Waals surface area contributed by atoms with Crippen LogP contribution in [0.4, 0.5) is 0 Å². The summed E-state index contributed by atoms with van der Waals surface area (Å²) in [6.07, 6.45) is 1.22. The van der Waals surface area contributed by atoms with Gasteiger partial charge in [-0.2, -0.15) is 0 Å².